The summed E-state index contributed by atoms with van der Waals surface area (Å²) in [5.74, 6) is -1.50. The lowest BCUT2D eigenvalue weighted by atomic mass is 9.72. The van der Waals surface area contributed by atoms with E-state index < -0.39 is 17.3 Å². The van der Waals surface area contributed by atoms with Crippen molar-refractivity contribution in [3.05, 3.63) is 0 Å². The highest BCUT2D eigenvalue weighted by molar-refractivity contribution is 5.84. The summed E-state index contributed by atoms with van der Waals surface area (Å²) in [6, 6.07) is -0.370. The summed E-state index contributed by atoms with van der Waals surface area (Å²) in [5, 5.41) is 9.30. The molecule has 2 fully saturated rings. The average Bonchev–Trinajstić information content (AvgIpc) is 2.98. The van der Waals surface area contributed by atoms with Crippen molar-refractivity contribution in [3.8, 4) is 0 Å². The molecule has 1 saturated carbocycles. The van der Waals surface area contributed by atoms with Gasteiger partial charge in [-0.05, 0) is 19.8 Å². The monoisotopic (exact) mass is 298 g/mol. The molecule has 0 spiro atoms. The van der Waals surface area contributed by atoms with Crippen molar-refractivity contribution >= 4 is 11.9 Å². The Morgan fingerprint density at radius 2 is 1.95 bits per heavy atom. The molecule has 2 aliphatic rings. The van der Waals surface area contributed by atoms with E-state index in [1.807, 2.05) is 6.92 Å². The third kappa shape index (κ3) is 3.06. The molecular formula is C15H26N2O4. The zero-order chi connectivity index (χ0) is 15.5. The van der Waals surface area contributed by atoms with E-state index in [0.29, 0.717) is 19.7 Å². The van der Waals surface area contributed by atoms with Crippen molar-refractivity contribution in [2.75, 3.05) is 26.3 Å². The van der Waals surface area contributed by atoms with E-state index >= 15 is 0 Å². The number of amides is 1. The summed E-state index contributed by atoms with van der Waals surface area (Å²) in [6.45, 7) is 3.21. The fourth-order valence-electron chi connectivity index (χ4n) is 3.65. The largest absolute Gasteiger partial charge is 0.481 e. The quantitative estimate of drug-likeness (QED) is 0.784. The van der Waals surface area contributed by atoms with Crippen molar-refractivity contribution in [2.24, 2.45) is 17.1 Å². The maximum absolute atomic E-state index is 13.0. The predicted octanol–water partition coefficient (Wildman–Crippen LogP) is 0.844. The Labute approximate surface area is 125 Å². The first-order valence-electron chi connectivity index (χ1n) is 7.87. The lowest BCUT2D eigenvalue weighted by Gasteiger charge is -2.41. The van der Waals surface area contributed by atoms with Gasteiger partial charge in [0.25, 0.3) is 0 Å². The number of carboxylic acid groups (broad SMARTS) is 1. The fourth-order valence-corrected chi connectivity index (χ4v) is 3.65. The smallest absolute Gasteiger partial charge is 0.311 e. The Kier molecular flexibility index (Phi) is 5.22. The third-order valence-electron chi connectivity index (χ3n) is 5.02. The SMILES string of the molecule is CCN(C(=O)C1(CN)CCCCC1)C1COCC1C(=O)O. The Morgan fingerprint density at radius 3 is 2.48 bits per heavy atom. The standard InChI is InChI=1S/C15H26N2O4/c1-2-17(12-9-21-8-11(12)13(18)19)14(20)15(10-16)6-4-3-5-7-15/h11-12H,2-10,16H2,1H3,(H,18,19). The first-order valence-corrected chi connectivity index (χ1v) is 7.87. The maximum atomic E-state index is 13.0. The van der Waals surface area contributed by atoms with Gasteiger partial charge in [0, 0.05) is 13.1 Å². The highest BCUT2D eigenvalue weighted by atomic mass is 16.5. The molecular weight excluding hydrogens is 272 g/mol. The predicted molar refractivity (Wildman–Crippen MR) is 77.7 cm³/mol. The Morgan fingerprint density at radius 1 is 1.29 bits per heavy atom. The molecule has 1 aliphatic carbocycles. The van der Waals surface area contributed by atoms with Crippen molar-refractivity contribution < 1.29 is 19.4 Å². The highest BCUT2D eigenvalue weighted by Gasteiger charge is 2.46. The second-order valence-electron chi connectivity index (χ2n) is 6.19. The van der Waals surface area contributed by atoms with Crippen LogP contribution in [-0.2, 0) is 14.3 Å². The van der Waals surface area contributed by atoms with Crippen LogP contribution in [0, 0.1) is 11.3 Å². The van der Waals surface area contributed by atoms with E-state index in [0.717, 1.165) is 32.1 Å². The minimum absolute atomic E-state index is 0.0222. The van der Waals surface area contributed by atoms with Crippen LogP contribution < -0.4 is 5.73 Å². The minimum Gasteiger partial charge on any atom is -0.481 e. The number of carbonyl (C=O) groups is 2. The van der Waals surface area contributed by atoms with E-state index in [1.165, 1.54) is 0 Å². The molecule has 3 N–H and O–H groups in total. The van der Waals surface area contributed by atoms with Crippen LogP contribution >= 0.6 is 0 Å². The summed E-state index contributed by atoms with van der Waals surface area (Å²) in [4.78, 5) is 26.1. The van der Waals surface area contributed by atoms with E-state index in [1.54, 1.807) is 4.90 Å². The van der Waals surface area contributed by atoms with Gasteiger partial charge in [0.05, 0.1) is 24.7 Å². The molecule has 0 bridgehead atoms. The lowest BCUT2D eigenvalue weighted by molar-refractivity contribution is -0.150. The summed E-state index contributed by atoms with van der Waals surface area (Å²) < 4.78 is 5.31. The number of ether oxygens (including phenoxy) is 1. The van der Waals surface area contributed by atoms with Gasteiger partial charge < -0.3 is 20.5 Å². The number of carboxylic acids is 1. The molecule has 6 nitrogen and oxygen atoms in total. The number of hydrogen-bond acceptors (Lipinski definition) is 4. The van der Waals surface area contributed by atoms with Crippen LogP contribution in [0.1, 0.15) is 39.0 Å². The molecule has 2 unspecified atom stereocenters. The first-order chi connectivity index (χ1) is 10.1. The third-order valence-corrected chi connectivity index (χ3v) is 5.02. The Bertz CT molecular complexity index is 393. The number of nitrogens with zero attached hydrogens (tertiary/aromatic N) is 1. The second kappa shape index (κ2) is 6.75. The molecule has 0 radical (unpaired) electrons. The molecule has 1 saturated heterocycles. The summed E-state index contributed by atoms with van der Waals surface area (Å²) >= 11 is 0. The van der Waals surface area contributed by atoms with Crippen molar-refractivity contribution in [1.82, 2.24) is 4.90 Å². The topological polar surface area (TPSA) is 92.9 Å². The zero-order valence-corrected chi connectivity index (χ0v) is 12.7. The van der Waals surface area contributed by atoms with Crippen molar-refractivity contribution in [2.45, 2.75) is 45.1 Å². The van der Waals surface area contributed by atoms with Gasteiger partial charge in [-0.25, -0.2) is 0 Å². The molecule has 21 heavy (non-hydrogen) atoms. The number of nitrogens with two attached hydrogens (primary N) is 1. The number of rotatable bonds is 5. The summed E-state index contributed by atoms with van der Waals surface area (Å²) in [6.07, 6.45) is 4.80. The van der Waals surface area contributed by atoms with Gasteiger partial charge in [-0.15, -0.1) is 0 Å². The number of likely N-dealkylation sites (N-methyl/N-ethyl adjacent to an activating group) is 1. The van der Waals surface area contributed by atoms with Crippen LogP contribution in [0.5, 0.6) is 0 Å². The van der Waals surface area contributed by atoms with Crippen LogP contribution in [-0.4, -0.2) is 54.2 Å². The van der Waals surface area contributed by atoms with Crippen molar-refractivity contribution in [1.29, 1.82) is 0 Å². The Balaban J connectivity index is 2.19. The van der Waals surface area contributed by atoms with Gasteiger partial charge in [-0.3, -0.25) is 9.59 Å². The number of hydrogen-bond donors (Lipinski definition) is 2. The molecule has 1 amide bonds. The highest BCUT2D eigenvalue weighted by Crippen LogP contribution is 2.38. The molecule has 0 aromatic heterocycles. The van der Waals surface area contributed by atoms with E-state index in [2.05, 4.69) is 0 Å². The molecule has 2 rings (SSSR count). The van der Waals surface area contributed by atoms with E-state index in [-0.39, 0.29) is 18.6 Å². The number of aliphatic carboxylic acids is 1. The van der Waals surface area contributed by atoms with Crippen LogP contribution in [0.2, 0.25) is 0 Å². The van der Waals surface area contributed by atoms with Crippen molar-refractivity contribution in [3.63, 3.8) is 0 Å². The second-order valence-corrected chi connectivity index (χ2v) is 6.19. The summed E-state index contributed by atoms with van der Waals surface area (Å²) in [7, 11) is 0. The molecule has 1 aliphatic heterocycles. The lowest BCUT2D eigenvalue weighted by Crippen LogP contribution is -2.55. The molecule has 0 aromatic carbocycles. The number of carbonyl (C=O) groups excluding carboxylic acids is 1. The minimum atomic E-state index is -0.894. The van der Waals surface area contributed by atoms with E-state index in [9.17, 15) is 14.7 Å². The van der Waals surface area contributed by atoms with Crippen LogP contribution in [0.4, 0.5) is 0 Å². The zero-order valence-electron chi connectivity index (χ0n) is 12.7. The molecule has 6 heteroatoms. The average molecular weight is 298 g/mol. The summed E-state index contributed by atoms with van der Waals surface area (Å²) in [5.41, 5.74) is 5.43. The molecule has 1 heterocycles. The van der Waals surface area contributed by atoms with Gasteiger partial charge in [-0.2, -0.15) is 0 Å². The fraction of sp³-hybridized carbons (Fsp3) is 0.867. The van der Waals surface area contributed by atoms with Gasteiger partial charge in [0.2, 0.25) is 5.91 Å². The van der Waals surface area contributed by atoms with Gasteiger partial charge in [-0.1, -0.05) is 19.3 Å². The molecule has 120 valence electrons. The van der Waals surface area contributed by atoms with Gasteiger partial charge in [0.1, 0.15) is 5.92 Å². The molecule has 2 atom stereocenters. The van der Waals surface area contributed by atoms with E-state index in [4.69, 9.17) is 10.5 Å². The first kappa shape index (κ1) is 16.2. The maximum Gasteiger partial charge on any atom is 0.311 e. The molecule has 0 aromatic rings. The van der Waals surface area contributed by atoms with Gasteiger partial charge >= 0.3 is 5.97 Å². The van der Waals surface area contributed by atoms with Crippen LogP contribution in [0.15, 0.2) is 0 Å². The van der Waals surface area contributed by atoms with Crippen LogP contribution in [0.3, 0.4) is 0 Å². The van der Waals surface area contributed by atoms with Crippen LogP contribution in [0.25, 0.3) is 0 Å². The normalized spacial score (nSPS) is 28.3. The Hall–Kier alpha value is -1.14. The van der Waals surface area contributed by atoms with Gasteiger partial charge in [0.15, 0.2) is 0 Å².